The summed E-state index contributed by atoms with van der Waals surface area (Å²) in [6, 6.07) is 6.79. The number of hydrogen-bond acceptors (Lipinski definition) is 7. The van der Waals surface area contributed by atoms with Gasteiger partial charge in [0.1, 0.15) is 5.69 Å². The summed E-state index contributed by atoms with van der Waals surface area (Å²) < 4.78 is 83.0. The lowest BCUT2D eigenvalue weighted by molar-refractivity contribution is -0.154. The van der Waals surface area contributed by atoms with Crippen LogP contribution in [0.5, 0.6) is 5.88 Å². The molecule has 0 bridgehead atoms. The summed E-state index contributed by atoms with van der Waals surface area (Å²) >= 11 is 0. The first-order valence-electron chi connectivity index (χ1n) is 10.8. The average molecular weight is 499 g/mol. The van der Waals surface area contributed by atoms with Gasteiger partial charge in [-0.3, -0.25) is 4.98 Å². The number of nitrogens with zero attached hydrogens (tertiary/aromatic N) is 5. The molecule has 4 heterocycles. The third-order valence-electron chi connectivity index (χ3n) is 7.36. The molecule has 4 atom stereocenters. The van der Waals surface area contributed by atoms with Gasteiger partial charge in [0.15, 0.2) is 12.3 Å². The number of nitrogens with two attached hydrogens (primary N) is 1. The van der Waals surface area contributed by atoms with Crippen LogP contribution in [0.2, 0.25) is 0 Å². The summed E-state index contributed by atoms with van der Waals surface area (Å²) in [5.41, 5.74) is 5.62. The van der Waals surface area contributed by atoms with Gasteiger partial charge < -0.3 is 20.7 Å². The molecule has 3 fully saturated rings. The molecule has 1 spiro atoms. The van der Waals surface area contributed by atoms with Gasteiger partial charge in [-0.15, -0.1) is 5.10 Å². The number of anilines is 2. The van der Waals surface area contributed by atoms with Gasteiger partial charge >= 0.3 is 12.4 Å². The predicted molar refractivity (Wildman–Crippen MR) is 111 cm³/mol. The van der Waals surface area contributed by atoms with Crippen LogP contribution in [0.15, 0.2) is 36.5 Å². The predicted octanol–water partition coefficient (Wildman–Crippen LogP) is 3.10. The second-order valence-electron chi connectivity index (χ2n) is 9.35. The number of alkyl halides is 6. The van der Waals surface area contributed by atoms with E-state index >= 15 is 0 Å². The lowest BCUT2D eigenvalue weighted by atomic mass is 9.67. The quantitative estimate of drug-likeness (QED) is 0.521. The second kappa shape index (κ2) is 6.89. The van der Waals surface area contributed by atoms with Crippen molar-refractivity contribution in [3.05, 3.63) is 42.2 Å². The number of fused-ring (bicyclic) bond motifs is 1. The minimum Gasteiger partial charge on any atom is -0.468 e. The summed E-state index contributed by atoms with van der Waals surface area (Å²) in [5, 5.41) is 7.45. The molecular formula is C21H19F6N7O. The molecule has 3 N–H and O–H groups in total. The Labute approximate surface area is 194 Å². The van der Waals surface area contributed by atoms with E-state index in [1.165, 1.54) is 16.6 Å². The fourth-order valence-electron chi connectivity index (χ4n) is 5.74. The molecule has 0 aromatic carbocycles. The van der Waals surface area contributed by atoms with E-state index in [0.29, 0.717) is 30.8 Å². The molecule has 0 amide bonds. The first-order chi connectivity index (χ1) is 16.4. The van der Waals surface area contributed by atoms with E-state index in [2.05, 4.69) is 20.4 Å². The Bertz CT molecular complexity index is 1310. The lowest BCUT2D eigenvalue weighted by Crippen LogP contribution is -2.63. The molecule has 8 nitrogen and oxygen atoms in total. The first-order valence-corrected chi connectivity index (χ1v) is 10.8. The maximum Gasteiger partial charge on any atom is 0.433 e. The molecule has 2 saturated carbocycles. The number of hydrogen-bond donors (Lipinski definition) is 2. The topological polar surface area (TPSA) is 93.6 Å². The second-order valence-corrected chi connectivity index (χ2v) is 9.35. The summed E-state index contributed by atoms with van der Waals surface area (Å²) in [6.45, 7) is -0.443. The fourth-order valence-corrected chi connectivity index (χ4v) is 5.74. The van der Waals surface area contributed by atoms with Gasteiger partial charge in [0.25, 0.3) is 0 Å². The van der Waals surface area contributed by atoms with E-state index in [1.54, 1.807) is 12.1 Å². The highest BCUT2D eigenvalue weighted by atomic mass is 19.4. The van der Waals surface area contributed by atoms with Crippen molar-refractivity contribution in [1.82, 2.24) is 19.6 Å². The third-order valence-corrected chi connectivity index (χ3v) is 7.36. The summed E-state index contributed by atoms with van der Waals surface area (Å²) in [5.74, 6) is 0.120. The van der Waals surface area contributed by atoms with Crippen LogP contribution in [0, 0.1) is 11.3 Å². The SMILES string of the molecule is N[C@@]12CC13CN(c1ccnc(C(F)(F)F)c1)C[C@H]3[C@@H]2Nc1nc2cccc(OCC(F)(F)F)n2n1. The van der Waals surface area contributed by atoms with Gasteiger partial charge in [-0.1, -0.05) is 6.07 Å². The van der Waals surface area contributed by atoms with E-state index in [0.717, 1.165) is 12.3 Å². The molecule has 3 aliphatic rings. The smallest absolute Gasteiger partial charge is 0.433 e. The summed E-state index contributed by atoms with van der Waals surface area (Å²) in [7, 11) is 0. The van der Waals surface area contributed by atoms with Crippen LogP contribution >= 0.6 is 0 Å². The van der Waals surface area contributed by atoms with Crippen molar-refractivity contribution in [2.24, 2.45) is 17.1 Å². The Morgan fingerprint density at radius 1 is 1.17 bits per heavy atom. The molecule has 6 rings (SSSR count). The van der Waals surface area contributed by atoms with Crippen molar-refractivity contribution < 1.29 is 31.1 Å². The van der Waals surface area contributed by atoms with Crippen molar-refractivity contribution in [1.29, 1.82) is 0 Å². The van der Waals surface area contributed by atoms with Crippen molar-refractivity contribution in [2.75, 3.05) is 29.9 Å². The highest BCUT2D eigenvalue weighted by Crippen LogP contribution is 2.75. The normalized spacial score (nSPS) is 29.5. The summed E-state index contributed by atoms with van der Waals surface area (Å²) in [6.07, 6.45) is -7.19. The maximum atomic E-state index is 13.1. The van der Waals surface area contributed by atoms with Crippen LogP contribution < -0.4 is 20.7 Å². The number of aromatic nitrogens is 4. The highest BCUT2D eigenvalue weighted by Gasteiger charge is 2.85. The Balaban J connectivity index is 1.21. The van der Waals surface area contributed by atoms with Crippen LogP contribution in [0.3, 0.4) is 0 Å². The minimum atomic E-state index is -4.54. The molecule has 35 heavy (non-hydrogen) atoms. The molecule has 14 heteroatoms. The van der Waals surface area contributed by atoms with E-state index in [-0.39, 0.29) is 29.2 Å². The van der Waals surface area contributed by atoms with Crippen molar-refractivity contribution >= 4 is 17.3 Å². The van der Waals surface area contributed by atoms with Gasteiger partial charge in [-0.25, -0.2) is 0 Å². The average Bonchev–Trinajstić information content (AvgIpc) is 3.08. The number of halogens is 6. The number of ether oxygens (including phenoxy) is 1. The lowest BCUT2D eigenvalue weighted by Gasteiger charge is -2.45. The van der Waals surface area contributed by atoms with Crippen LogP contribution in [0.25, 0.3) is 5.65 Å². The van der Waals surface area contributed by atoms with Crippen molar-refractivity contribution in [3.8, 4) is 5.88 Å². The van der Waals surface area contributed by atoms with Crippen LogP contribution in [0.1, 0.15) is 12.1 Å². The zero-order chi connectivity index (χ0) is 24.8. The zero-order valence-corrected chi connectivity index (χ0v) is 17.9. The largest absolute Gasteiger partial charge is 0.468 e. The first kappa shape index (κ1) is 22.2. The Morgan fingerprint density at radius 2 is 1.97 bits per heavy atom. The molecule has 2 aliphatic carbocycles. The summed E-state index contributed by atoms with van der Waals surface area (Å²) in [4.78, 5) is 9.64. The Kier molecular flexibility index (Phi) is 4.37. The molecule has 0 radical (unpaired) electrons. The van der Waals surface area contributed by atoms with Gasteiger partial charge in [-0.2, -0.15) is 35.8 Å². The van der Waals surface area contributed by atoms with E-state index in [1.807, 2.05) is 4.90 Å². The Hall–Kier alpha value is -3.29. The van der Waals surface area contributed by atoms with Crippen LogP contribution in [-0.4, -0.2) is 57.0 Å². The van der Waals surface area contributed by atoms with Crippen LogP contribution in [0.4, 0.5) is 38.0 Å². The highest BCUT2D eigenvalue weighted by molar-refractivity contribution is 5.57. The van der Waals surface area contributed by atoms with Gasteiger partial charge in [0.2, 0.25) is 11.8 Å². The molecule has 3 aromatic heterocycles. The standard InChI is InChI=1S/C21H19F6N7O/c22-20(23,24)10-35-15-3-1-2-14-30-17(32-34(14)15)31-16-12-7-33(9-18(12)8-19(16,18)28)11-4-5-29-13(6-11)21(25,26)27/h1-6,12,16H,7-10,28H2,(H,31,32)/t12-,16-,18?,19+/m0/s1. The number of nitrogens with one attached hydrogen (secondary N) is 1. The minimum absolute atomic E-state index is 0.0440. The van der Waals surface area contributed by atoms with Gasteiger partial charge in [0.05, 0.1) is 6.04 Å². The van der Waals surface area contributed by atoms with E-state index in [9.17, 15) is 26.3 Å². The Morgan fingerprint density at radius 3 is 2.71 bits per heavy atom. The monoisotopic (exact) mass is 499 g/mol. The van der Waals surface area contributed by atoms with Gasteiger partial charge in [0, 0.05) is 47.9 Å². The molecule has 1 aliphatic heterocycles. The van der Waals surface area contributed by atoms with Crippen molar-refractivity contribution in [3.63, 3.8) is 0 Å². The molecular weight excluding hydrogens is 480 g/mol. The molecule has 3 aromatic rings. The van der Waals surface area contributed by atoms with Crippen molar-refractivity contribution in [2.45, 2.75) is 30.4 Å². The maximum absolute atomic E-state index is 13.1. The van der Waals surface area contributed by atoms with Crippen LogP contribution in [-0.2, 0) is 6.18 Å². The third kappa shape index (κ3) is 3.37. The van der Waals surface area contributed by atoms with Gasteiger partial charge in [-0.05, 0) is 24.6 Å². The van der Waals surface area contributed by atoms with E-state index in [4.69, 9.17) is 10.5 Å². The molecule has 186 valence electrons. The van der Waals surface area contributed by atoms with E-state index < -0.39 is 30.2 Å². The fraction of sp³-hybridized carbons (Fsp3) is 0.476. The number of pyridine rings is 2. The number of rotatable bonds is 5. The molecule has 1 unspecified atom stereocenters. The zero-order valence-electron chi connectivity index (χ0n) is 17.9. The molecule has 1 saturated heterocycles.